The maximum atomic E-state index is 5.56. The summed E-state index contributed by atoms with van der Waals surface area (Å²) < 4.78 is 0. The molecule has 0 radical (unpaired) electrons. The van der Waals surface area contributed by atoms with E-state index in [-0.39, 0.29) is 24.8 Å². The lowest BCUT2D eigenvalue weighted by Crippen LogP contribution is -1.96. The van der Waals surface area contributed by atoms with E-state index in [1.807, 2.05) is 24.4 Å². The van der Waals surface area contributed by atoms with Crippen LogP contribution in [0.15, 0.2) is 48.8 Å². The van der Waals surface area contributed by atoms with Crippen LogP contribution in [0.2, 0.25) is 0 Å². The Balaban J connectivity index is 0.00000112. The van der Waals surface area contributed by atoms with Crippen LogP contribution in [0.4, 0.5) is 0 Å². The zero-order chi connectivity index (χ0) is 9.80. The number of pyridine rings is 1. The van der Waals surface area contributed by atoms with Gasteiger partial charge in [-0.3, -0.25) is 4.98 Å². The molecule has 0 saturated carbocycles. The molecule has 0 amide bonds. The first-order valence-corrected chi connectivity index (χ1v) is 4.59. The highest BCUT2D eigenvalue weighted by Crippen LogP contribution is 2.18. The third-order valence-corrected chi connectivity index (χ3v) is 2.14. The molecule has 1 aromatic heterocycles. The van der Waals surface area contributed by atoms with Crippen molar-refractivity contribution in [3.8, 4) is 11.1 Å². The van der Waals surface area contributed by atoms with Gasteiger partial charge in [-0.05, 0) is 17.2 Å². The summed E-state index contributed by atoms with van der Waals surface area (Å²) in [4.78, 5) is 4.15. The molecule has 0 fully saturated rings. The lowest BCUT2D eigenvalue weighted by atomic mass is 10.1. The van der Waals surface area contributed by atoms with E-state index in [2.05, 4.69) is 23.2 Å². The van der Waals surface area contributed by atoms with Crippen molar-refractivity contribution < 1.29 is 0 Å². The molecule has 2 rings (SSSR count). The van der Waals surface area contributed by atoms with Gasteiger partial charge in [-0.15, -0.1) is 24.8 Å². The number of rotatable bonds is 2. The van der Waals surface area contributed by atoms with Crippen LogP contribution in [0.5, 0.6) is 0 Å². The number of hydrogen-bond acceptors (Lipinski definition) is 2. The van der Waals surface area contributed by atoms with Crippen LogP contribution >= 0.6 is 24.8 Å². The van der Waals surface area contributed by atoms with Crippen molar-refractivity contribution in [3.63, 3.8) is 0 Å². The van der Waals surface area contributed by atoms with Gasteiger partial charge >= 0.3 is 0 Å². The normalized spacial score (nSPS) is 8.81. The lowest BCUT2D eigenvalue weighted by molar-refractivity contribution is 1.05. The second-order valence-electron chi connectivity index (χ2n) is 3.15. The van der Waals surface area contributed by atoms with Crippen LogP contribution in [-0.4, -0.2) is 4.98 Å². The van der Waals surface area contributed by atoms with E-state index >= 15 is 0 Å². The van der Waals surface area contributed by atoms with Gasteiger partial charge in [0.2, 0.25) is 0 Å². The predicted octanol–water partition coefficient (Wildman–Crippen LogP) is 3.05. The Hall–Kier alpha value is -1.09. The smallest absolute Gasteiger partial charge is 0.0346 e. The van der Waals surface area contributed by atoms with E-state index in [0.717, 1.165) is 11.1 Å². The summed E-state index contributed by atoms with van der Waals surface area (Å²) in [6, 6.07) is 12.2. The number of nitrogens with two attached hydrogens (primary N) is 1. The molecule has 4 heteroatoms. The summed E-state index contributed by atoms with van der Waals surface area (Å²) in [5.74, 6) is 0. The minimum Gasteiger partial charge on any atom is -0.326 e. The van der Waals surface area contributed by atoms with E-state index in [9.17, 15) is 0 Å². The first-order chi connectivity index (χ1) is 6.90. The third-order valence-electron chi connectivity index (χ3n) is 2.14. The molecule has 0 unspecified atom stereocenters. The molecular weight excluding hydrogens is 243 g/mol. The molecule has 0 atom stereocenters. The minimum absolute atomic E-state index is 0. The van der Waals surface area contributed by atoms with Gasteiger partial charge in [-0.1, -0.05) is 30.3 Å². The Morgan fingerprint density at radius 3 is 2.25 bits per heavy atom. The molecule has 0 aliphatic carbocycles. The summed E-state index contributed by atoms with van der Waals surface area (Å²) in [7, 11) is 0. The van der Waals surface area contributed by atoms with Gasteiger partial charge in [-0.25, -0.2) is 0 Å². The zero-order valence-corrected chi connectivity index (χ0v) is 10.3. The highest BCUT2D eigenvalue weighted by molar-refractivity contribution is 5.85. The second-order valence-corrected chi connectivity index (χ2v) is 3.15. The zero-order valence-electron chi connectivity index (χ0n) is 8.67. The summed E-state index contributed by atoms with van der Waals surface area (Å²) in [6.07, 6.45) is 3.65. The monoisotopic (exact) mass is 256 g/mol. The fourth-order valence-corrected chi connectivity index (χ4v) is 1.39. The van der Waals surface area contributed by atoms with Crippen LogP contribution in [0, 0.1) is 0 Å². The van der Waals surface area contributed by atoms with Crippen molar-refractivity contribution in [2.24, 2.45) is 5.73 Å². The first kappa shape index (κ1) is 14.9. The summed E-state index contributed by atoms with van der Waals surface area (Å²) in [6.45, 7) is 0.535. The minimum atomic E-state index is 0. The fourth-order valence-electron chi connectivity index (χ4n) is 1.39. The van der Waals surface area contributed by atoms with Crippen LogP contribution in [-0.2, 0) is 6.54 Å². The Morgan fingerprint density at radius 2 is 1.62 bits per heavy atom. The maximum absolute atomic E-state index is 5.56. The van der Waals surface area contributed by atoms with Crippen molar-refractivity contribution in [1.29, 1.82) is 0 Å². The fraction of sp³-hybridized carbons (Fsp3) is 0.0833. The molecular formula is C12H14Cl2N2. The summed E-state index contributed by atoms with van der Waals surface area (Å²) in [5.41, 5.74) is 8.91. The van der Waals surface area contributed by atoms with Crippen molar-refractivity contribution >= 4 is 24.8 Å². The molecule has 2 aromatic rings. The van der Waals surface area contributed by atoms with E-state index in [4.69, 9.17) is 5.73 Å². The molecule has 0 aliphatic rings. The molecule has 2 N–H and O–H groups in total. The Kier molecular flexibility index (Phi) is 6.74. The maximum Gasteiger partial charge on any atom is 0.0346 e. The molecule has 1 aromatic carbocycles. The summed E-state index contributed by atoms with van der Waals surface area (Å²) in [5, 5.41) is 0. The third kappa shape index (κ3) is 3.49. The van der Waals surface area contributed by atoms with Crippen molar-refractivity contribution in [3.05, 3.63) is 54.4 Å². The molecule has 1 heterocycles. The number of aromatic nitrogens is 1. The van der Waals surface area contributed by atoms with Gasteiger partial charge in [0.15, 0.2) is 0 Å². The number of halogens is 2. The van der Waals surface area contributed by atoms with Gasteiger partial charge in [0.05, 0.1) is 0 Å². The Morgan fingerprint density at radius 1 is 0.938 bits per heavy atom. The lowest BCUT2D eigenvalue weighted by Gasteiger charge is -2.02. The van der Waals surface area contributed by atoms with Gasteiger partial charge < -0.3 is 5.73 Å². The number of nitrogens with zero attached hydrogens (tertiary/aromatic N) is 1. The quantitative estimate of drug-likeness (QED) is 0.898. The molecule has 2 nitrogen and oxygen atoms in total. The standard InChI is InChI=1S/C12H12N2.2ClH/c13-7-10-6-12(9-14-8-10)11-4-2-1-3-5-11;;/h1-6,8-9H,7,13H2;2*1H. The van der Waals surface area contributed by atoms with E-state index in [0.29, 0.717) is 6.54 Å². The average molecular weight is 257 g/mol. The number of benzene rings is 1. The molecule has 86 valence electrons. The van der Waals surface area contributed by atoms with Crippen LogP contribution in [0.25, 0.3) is 11.1 Å². The van der Waals surface area contributed by atoms with E-state index < -0.39 is 0 Å². The SMILES string of the molecule is Cl.Cl.NCc1cncc(-c2ccccc2)c1. The Bertz CT molecular complexity index is 418. The number of hydrogen-bond donors (Lipinski definition) is 1. The van der Waals surface area contributed by atoms with Crippen molar-refractivity contribution in [2.75, 3.05) is 0 Å². The van der Waals surface area contributed by atoms with Crippen molar-refractivity contribution in [2.45, 2.75) is 6.54 Å². The molecule has 16 heavy (non-hydrogen) atoms. The second kappa shape index (κ2) is 7.23. The molecule has 0 spiro atoms. The highest BCUT2D eigenvalue weighted by Gasteiger charge is 1.97. The molecule has 0 aliphatic heterocycles. The van der Waals surface area contributed by atoms with Gasteiger partial charge in [0.1, 0.15) is 0 Å². The Labute approximate surface area is 108 Å². The predicted molar refractivity (Wildman–Crippen MR) is 72.1 cm³/mol. The topological polar surface area (TPSA) is 38.9 Å². The van der Waals surface area contributed by atoms with E-state index in [1.54, 1.807) is 6.20 Å². The van der Waals surface area contributed by atoms with Crippen LogP contribution < -0.4 is 5.73 Å². The van der Waals surface area contributed by atoms with Gasteiger partial charge in [0, 0.05) is 24.5 Å². The van der Waals surface area contributed by atoms with Crippen molar-refractivity contribution in [1.82, 2.24) is 4.98 Å². The summed E-state index contributed by atoms with van der Waals surface area (Å²) >= 11 is 0. The van der Waals surface area contributed by atoms with Gasteiger partial charge in [0.25, 0.3) is 0 Å². The van der Waals surface area contributed by atoms with E-state index in [1.165, 1.54) is 5.56 Å². The first-order valence-electron chi connectivity index (χ1n) is 4.59. The largest absolute Gasteiger partial charge is 0.326 e. The van der Waals surface area contributed by atoms with Crippen LogP contribution in [0.1, 0.15) is 5.56 Å². The average Bonchev–Trinajstić information content (AvgIpc) is 2.30. The molecule has 0 saturated heterocycles. The highest BCUT2D eigenvalue weighted by atomic mass is 35.5. The molecule has 0 bridgehead atoms. The van der Waals surface area contributed by atoms with Gasteiger partial charge in [-0.2, -0.15) is 0 Å². The van der Waals surface area contributed by atoms with Crippen LogP contribution in [0.3, 0.4) is 0 Å².